The third-order valence-electron chi connectivity index (χ3n) is 5.68. The van der Waals surface area contributed by atoms with Crippen LogP contribution in [-0.2, 0) is 32.7 Å². The molecule has 2 aromatic rings. The van der Waals surface area contributed by atoms with Crippen LogP contribution in [-0.4, -0.2) is 84.2 Å². The lowest BCUT2D eigenvalue weighted by Gasteiger charge is -2.25. The van der Waals surface area contributed by atoms with E-state index in [9.17, 15) is 19.3 Å². The minimum Gasteiger partial charge on any atom is -0.462 e. The van der Waals surface area contributed by atoms with E-state index in [-0.39, 0.29) is 34.5 Å². The molecule has 3 heterocycles. The van der Waals surface area contributed by atoms with Gasteiger partial charge in [-0.2, -0.15) is 0 Å². The number of hydrogen-bond acceptors (Lipinski definition) is 13. The van der Waals surface area contributed by atoms with E-state index in [1.165, 1.54) is 13.3 Å². The Morgan fingerprint density at radius 1 is 1.32 bits per heavy atom. The van der Waals surface area contributed by atoms with Crippen LogP contribution in [0.2, 0.25) is 0 Å². The summed E-state index contributed by atoms with van der Waals surface area (Å²) in [7, 11) is -4.31. The summed E-state index contributed by atoms with van der Waals surface area (Å²) in [6.07, 6.45) is -3.13. The van der Waals surface area contributed by atoms with Crippen LogP contribution < -0.4 is 10.8 Å². The van der Waals surface area contributed by atoms with Gasteiger partial charge in [-0.05, 0) is 20.8 Å². The van der Waals surface area contributed by atoms with E-state index >= 15 is 4.39 Å². The summed E-state index contributed by atoms with van der Waals surface area (Å²) in [6.45, 7) is 9.10. The van der Waals surface area contributed by atoms with Gasteiger partial charge >= 0.3 is 13.7 Å². The molecule has 1 saturated heterocycles. The number of imidazole rings is 1. The smallest absolute Gasteiger partial charge is 0.406 e. The number of esters is 1. The SMILES string of the molecule is CC(C)OC(=O)[C@@H](C)NP(=O)(OCCSC(=O)C(C)(C)C)OC[C@H]1O[C@@H](n2cnc3c(N)ncnc32)[C@@](F)(Cl)[C@@H]1O. The third-order valence-corrected chi connectivity index (χ3v) is 9.05. The molecule has 14 nitrogen and oxygen atoms in total. The summed E-state index contributed by atoms with van der Waals surface area (Å²) in [5.41, 5.74) is 5.48. The van der Waals surface area contributed by atoms with Gasteiger partial charge in [0.2, 0.25) is 0 Å². The highest BCUT2D eigenvalue weighted by Gasteiger charge is 2.58. The van der Waals surface area contributed by atoms with Crippen LogP contribution in [0.15, 0.2) is 12.7 Å². The van der Waals surface area contributed by atoms with Crippen molar-refractivity contribution in [2.24, 2.45) is 5.41 Å². The Balaban J connectivity index is 1.74. The van der Waals surface area contributed by atoms with Gasteiger partial charge in [0.15, 0.2) is 22.8 Å². The summed E-state index contributed by atoms with van der Waals surface area (Å²) in [5.74, 6) is -0.546. The number of rotatable bonds is 12. The lowest BCUT2D eigenvalue weighted by molar-refractivity contribution is -0.149. The number of nitrogens with one attached hydrogen (secondary N) is 1. The van der Waals surface area contributed by atoms with Crippen LogP contribution in [0.1, 0.15) is 47.8 Å². The fraction of sp³-hybridized carbons (Fsp3) is 0.696. The lowest BCUT2D eigenvalue weighted by atomic mass is 10.00. The molecule has 0 spiro atoms. The van der Waals surface area contributed by atoms with Gasteiger partial charge < -0.3 is 20.3 Å². The van der Waals surface area contributed by atoms with Gasteiger partial charge in [-0.25, -0.2) is 29.0 Å². The number of thioether (sulfide) groups is 1. The minimum atomic E-state index is -4.31. The summed E-state index contributed by atoms with van der Waals surface area (Å²) in [5, 5.41) is 10.2. The molecule has 0 radical (unpaired) electrons. The van der Waals surface area contributed by atoms with E-state index in [2.05, 4.69) is 20.0 Å². The topological polar surface area (TPSA) is 190 Å². The summed E-state index contributed by atoms with van der Waals surface area (Å²) < 4.78 is 52.1. The minimum absolute atomic E-state index is 0.0443. The first-order chi connectivity index (χ1) is 19.0. The lowest BCUT2D eigenvalue weighted by Crippen LogP contribution is -2.39. The van der Waals surface area contributed by atoms with Crippen molar-refractivity contribution in [1.82, 2.24) is 24.6 Å². The first-order valence-electron chi connectivity index (χ1n) is 12.6. The Morgan fingerprint density at radius 3 is 2.63 bits per heavy atom. The molecule has 18 heteroatoms. The molecule has 6 atom stereocenters. The Morgan fingerprint density at radius 2 is 2.00 bits per heavy atom. The highest BCUT2D eigenvalue weighted by molar-refractivity contribution is 8.13. The summed E-state index contributed by atoms with van der Waals surface area (Å²) in [6, 6.07) is -1.13. The van der Waals surface area contributed by atoms with Crippen molar-refractivity contribution >= 4 is 59.2 Å². The Kier molecular flexibility index (Phi) is 10.8. The van der Waals surface area contributed by atoms with Crippen LogP contribution in [0.4, 0.5) is 10.2 Å². The molecule has 1 unspecified atom stereocenters. The number of aliphatic hydroxyl groups is 1. The zero-order chi connectivity index (χ0) is 30.8. The second-order valence-electron chi connectivity index (χ2n) is 10.6. The second-order valence-corrected chi connectivity index (χ2v) is 14.0. The van der Waals surface area contributed by atoms with Crippen molar-refractivity contribution in [3.8, 4) is 0 Å². The molecule has 0 bridgehead atoms. The average Bonchev–Trinajstić information content (AvgIpc) is 3.38. The van der Waals surface area contributed by atoms with Crippen LogP contribution in [0, 0.1) is 5.41 Å². The fourth-order valence-electron chi connectivity index (χ4n) is 3.56. The number of carbonyl (C=O) groups is 2. The number of carbonyl (C=O) groups excluding carboxylic acids is 2. The van der Waals surface area contributed by atoms with Crippen molar-refractivity contribution in [2.75, 3.05) is 24.7 Å². The van der Waals surface area contributed by atoms with Gasteiger partial charge in [0.25, 0.3) is 5.13 Å². The number of anilines is 1. The highest BCUT2D eigenvalue weighted by Crippen LogP contribution is 2.49. The quantitative estimate of drug-likeness (QED) is 0.133. The standard InChI is InChI=1S/C23H35ClFN6O8PS/c1-12(2)38-19(33)13(3)30-40(35,36-7-8-41-21(34)22(4,5)6)37-9-14-16(32)23(24,25)20(39-14)31-11-29-15-17(26)27-10-28-18(15)31/h10-14,16,20,32H,7-9H2,1-6H3,(H,30,35)(H2,26,27,28)/t13-,14-,16-,20-,23-,40?/m1/s1. The normalized spacial score (nSPS) is 25.4. The number of halogens is 2. The van der Waals surface area contributed by atoms with Gasteiger partial charge in [-0.15, -0.1) is 0 Å². The van der Waals surface area contributed by atoms with Crippen molar-refractivity contribution in [1.29, 1.82) is 0 Å². The Hall–Kier alpha value is -1.91. The number of nitrogen functional groups attached to an aromatic ring is 1. The van der Waals surface area contributed by atoms with Gasteiger partial charge in [0.05, 0.1) is 25.6 Å². The van der Waals surface area contributed by atoms with E-state index in [0.717, 1.165) is 22.7 Å². The monoisotopic (exact) mass is 640 g/mol. The molecule has 0 amide bonds. The molecule has 0 aliphatic carbocycles. The molecule has 1 fully saturated rings. The first-order valence-corrected chi connectivity index (χ1v) is 15.6. The highest BCUT2D eigenvalue weighted by atomic mass is 35.5. The number of ether oxygens (including phenoxy) is 2. The Bertz CT molecular complexity index is 1290. The number of aliphatic hydroxyl groups excluding tert-OH is 1. The predicted molar refractivity (Wildman–Crippen MR) is 150 cm³/mol. The number of alkyl halides is 2. The van der Waals surface area contributed by atoms with Crippen LogP contribution >= 0.6 is 31.1 Å². The molecular weight excluding hydrogens is 606 g/mol. The molecular formula is C23H35ClFN6O8PS. The van der Waals surface area contributed by atoms with Crippen LogP contribution in [0.25, 0.3) is 11.2 Å². The van der Waals surface area contributed by atoms with E-state index in [1.807, 2.05) is 0 Å². The molecule has 3 rings (SSSR count). The van der Waals surface area contributed by atoms with Crippen LogP contribution in [0.5, 0.6) is 0 Å². The molecule has 1 aliphatic heterocycles. The van der Waals surface area contributed by atoms with Crippen molar-refractivity contribution in [2.45, 2.75) is 77.3 Å². The van der Waals surface area contributed by atoms with Crippen molar-refractivity contribution in [3.05, 3.63) is 12.7 Å². The summed E-state index contributed by atoms with van der Waals surface area (Å²) >= 11 is 7.05. The van der Waals surface area contributed by atoms with Gasteiger partial charge in [0, 0.05) is 11.2 Å². The van der Waals surface area contributed by atoms with Crippen molar-refractivity contribution in [3.63, 3.8) is 0 Å². The van der Waals surface area contributed by atoms with E-state index in [1.54, 1.807) is 34.6 Å². The number of hydrogen-bond donors (Lipinski definition) is 3. The number of nitrogens with two attached hydrogens (primary N) is 1. The fourth-order valence-corrected chi connectivity index (χ4v) is 6.25. The largest absolute Gasteiger partial charge is 0.462 e. The maximum absolute atomic E-state index is 15.6. The predicted octanol–water partition coefficient (Wildman–Crippen LogP) is 2.95. The van der Waals surface area contributed by atoms with E-state index in [0.29, 0.717) is 0 Å². The molecule has 4 N–H and O–H groups in total. The number of fused-ring (bicyclic) bond motifs is 1. The van der Waals surface area contributed by atoms with Gasteiger partial charge in [-0.1, -0.05) is 44.1 Å². The third kappa shape index (κ3) is 8.14. The van der Waals surface area contributed by atoms with E-state index < -0.39 is 61.4 Å². The van der Waals surface area contributed by atoms with Crippen LogP contribution in [0.3, 0.4) is 0 Å². The molecule has 0 saturated carbocycles. The number of aromatic nitrogens is 4. The summed E-state index contributed by atoms with van der Waals surface area (Å²) in [4.78, 5) is 36.4. The molecule has 230 valence electrons. The average molecular weight is 641 g/mol. The van der Waals surface area contributed by atoms with E-state index in [4.69, 9.17) is 35.9 Å². The molecule has 1 aliphatic rings. The zero-order valence-corrected chi connectivity index (χ0v) is 25.9. The molecule has 2 aromatic heterocycles. The maximum atomic E-state index is 15.6. The van der Waals surface area contributed by atoms with Crippen molar-refractivity contribution < 1.29 is 42.2 Å². The van der Waals surface area contributed by atoms with Gasteiger partial charge in [0.1, 0.15) is 30.1 Å². The maximum Gasteiger partial charge on any atom is 0.406 e. The van der Waals surface area contributed by atoms with Gasteiger partial charge in [-0.3, -0.25) is 23.2 Å². The molecule has 41 heavy (non-hydrogen) atoms. The molecule has 0 aromatic carbocycles. The number of nitrogens with zero attached hydrogens (tertiary/aromatic N) is 4. The second kappa shape index (κ2) is 13.2. The first kappa shape index (κ1) is 33.6. The Labute approximate surface area is 245 Å². The zero-order valence-electron chi connectivity index (χ0n) is 23.4.